The van der Waals surface area contributed by atoms with Crippen LogP contribution in [0, 0.1) is 12.8 Å². The number of thioether (sulfide) groups is 2. The van der Waals surface area contributed by atoms with Crippen molar-refractivity contribution in [3.8, 4) is 16.9 Å². The summed E-state index contributed by atoms with van der Waals surface area (Å²) >= 11 is 10.8. The highest BCUT2D eigenvalue weighted by Gasteiger charge is 2.59. The summed E-state index contributed by atoms with van der Waals surface area (Å²) in [4.78, 5) is 14.0. The molecular formula is C39H38ClN5O3S2. The molecule has 3 fully saturated rings. The lowest BCUT2D eigenvalue weighted by atomic mass is 9.50. The Balaban J connectivity index is 1.19. The lowest BCUT2D eigenvalue weighted by molar-refractivity contribution is -0.0993. The topological polar surface area (TPSA) is 87.1 Å². The highest BCUT2D eigenvalue weighted by molar-refractivity contribution is 7.98. The number of nitrogens with zero attached hydrogens (tertiary/aromatic N) is 5. The number of aryl methyl sites for hydroxylation is 4. The Labute approximate surface area is 304 Å². The van der Waals surface area contributed by atoms with Gasteiger partial charge in [0, 0.05) is 63.8 Å². The van der Waals surface area contributed by atoms with E-state index >= 15 is 0 Å². The molecule has 50 heavy (non-hydrogen) atoms. The number of ether oxygens (including phenoxy) is 1. The summed E-state index contributed by atoms with van der Waals surface area (Å²) in [5.41, 5.74) is 8.24. The van der Waals surface area contributed by atoms with Gasteiger partial charge in [0.1, 0.15) is 11.4 Å². The maximum atomic E-state index is 12.9. The zero-order chi connectivity index (χ0) is 34.3. The summed E-state index contributed by atoms with van der Waals surface area (Å²) in [6.07, 6.45) is 4.72. The van der Waals surface area contributed by atoms with E-state index in [1.165, 1.54) is 25.0 Å². The third-order valence-electron chi connectivity index (χ3n) is 11.0. The molecule has 0 amide bonds. The minimum absolute atomic E-state index is 0.0820. The molecular weight excluding hydrogens is 686 g/mol. The van der Waals surface area contributed by atoms with Gasteiger partial charge < -0.3 is 14.4 Å². The van der Waals surface area contributed by atoms with Crippen LogP contribution >= 0.6 is 35.1 Å². The monoisotopic (exact) mass is 723 g/mol. The van der Waals surface area contributed by atoms with Gasteiger partial charge in [0.15, 0.2) is 0 Å². The van der Waals surface area contributed by atoms with Crippen molar-refractivity contribution < 1.29 is 14.6 Å². The summed E-state index contributed by atoms with van der Waals surface area (Å²) < 4.78 is 12.6. The second kappa shape index (κ2) is 12.1. The Morgan fingerprint density at radius 1 is 1.00 bits per heavy atom. The first-order valence-corrected chi connectivity index (χ1v) is 19.7. The van der Waals surface area contributed by atoms with E-state index < -0.39 is 5.97 Å². The fourth-order valence-electron chi connectivity index (χ4n) is 8.55. The number of carboxylic acids is 1. The fourth-order valence-corrected chi connectivity index (χ4v) is 10.7. The SMILES string of the molecule is Cc1nn(C23CC(C2)C3)c2c1-c1c(Cl)ccc3c(c(C(=O)O)n(C)c13)CCCOc1cc(cc3ccccc13)SCc1cc(nn1C)CSC2. The van der Waals surface area contributed by atoms with Crippen LogP contribution in [-0.4, -0.2) is 41.8 Å². The molecule has 4 heterocycles. The van der Waals surface area contributed by atoms with E-state index in [-0.39, 0.29) is 5.54 Å². The predicted molar refractivity (Wildman–Crippen MR) is 202 cm³/mol. The van der Waals surface area contributed by atoms with Crippen LogP contribution in [0.3, 0.4) is 0 Å². The number of aromatic carboxylic acids is 1. The maximum absolute atomic E-state index is 12.9. The van der Waals surface area contributed by atoms with Crippen LogP contribution in [0.25, 0.3) is 32.8 Å². The Morgan fingerprint density at radius 3 is 2.60 bits per heavy atom. The van der Waals surface area contributed by atoms with Crippen molar-refractivity contribution in [2.75, 3.05) is 6.61 Å². The molecule has 1 aliphatic heterocycles. The molecule has 0 radical (unpaired) electrons. The quantitative estimate of drug-likeness (QED) is 0.191. The lowest BCUT2D eigenvalue weighted by Gasteiger charge is -2.61. The molecule has 10 bridgehead atoms. The largest absolute Gasteiger partial charge is 0.493 e. The summed E-state index contributed by atoms with van der Waals surface area (Å²) in [7, 11) is 3.88. The molecule has 3 aromatic carbocycles. The zero-order valence-electron chi connectivity index (χ0n) is 28.3. The molecule has 10 rings (SSSR count). The smallest absolute Gasteiger partial charge is 0.352 e. The average Bonchev–Trinajstić information content (AvgIpc) is 3.66. The van der Waals surface area contributed by atoms with E-state index in [1.807, 2.05) is 53.3 Å². The number of rotatable bonds is 2. The van der Waals surface area contributed by atoms with Gasteiger partial charge in [-0.15, -0.1) is 23.5 Å². The average molecular weight is 724 g/mol. The van der Waals surface area contributed by atoms with Gasteiger partial charge in [-0.25, -0.2) is 4.79 Å². The van der Waals surface area contributed by atoms with Gasteiger partial charge in [0.2, 0.25) is 0 Å². The van der Waals surface area contributed by atoms with E-state index in [9.17, 15) is 9.90 Å². The Morgan fingerprint density at radius 2 is 1.82 bits per heavy atom. The molecule has 8 nitrogen and oxygen atoms in total. The first-order valence-electron chi connectivity index (χ1n) is 17.2. The molecule has 1 N–H and O–H groups in total. The summed E-state index contributed by atoms with van der Waals surface area (Å²) in [5, 5.41) is 24.4. The molecule has 0 unspecified atom stereocenters. The number of carbonyl (C=O) groups is 1. The highest BCUT2D eigenvalue weighted by Crippen LogP contribution is 2.63. The first-order chi connectivity index (χ1) is 24.2. The fraction of sp³-hybridized carbons (Fsp3) is 0.359. The van der Waals surface area contributed by atoms with Crippen molar-refractivity contribution in [1.82, 2.24) is 24.1 Å². The van der Waals surface area contributed by atoms with Gasteiger partial charge in [0.25, 0.3) is 0 Å². The molecule has 256 valence electrons. The van der Waals surface area contributed by atoms with Crippen LogP contribution in [0.1, 0.15) is 64.5 Å². The number of benzene rings is 3. The van der Waals surface area contributed by atoms with Crippen molar-refractivity contribution in [2.24, 2.45) is 20.0 Å². The van der Waals surface area contributed by atoms with Crippen LogP contribution in [0.15, 0.2) is 59.5 Å². The molecule has 4 aliphatic rings. The molecule has 3 saturated carbocycles. The second-order valence-corrected chi connectivity index (χ2v) is 16.6. The van der Waals surface area contributed by atoms with Gasteiger partial charge >= 0.3 is 5.97 Å². The van der Waals surface area contributed by atoms with Crippen molar-refractivity contribution in [3.63, 3.8) is 0 Å². The summed E-state index contributed by atoms with van der Waals surface area (Å²) in [6, 6.07) is 18.8. The van der Waals surface area contributed by atoms with Gasteiger partial charge in [-0.05, 0) is 80.2 Å². The Bertz CT molecular complexity index is 2340. The minimum atomic E-state index is -0.946. The maximum Gasteiger partial charge on any atom is 0.352 e. The number of carboxylic acid groups (broad SMARTS) is 1. The molecule has 3 aliphatic carbocycles. The van der Waals surface area contributed by atoms with E-state index in [1.54, 1.807) is 11.8 Å². The normalized spacial score (nSPS) is 20.5. The Hall–Kier alpha value is -3.86. The number of aromatic nitrogens is 5. The van der Waals surface area contributed by atoms with Gasteiger partial charge in [-0.3, -0.25) is 9.36 Å². The van der Waals surface area contributed by atoms with Gasteiger partial charge in [-0.2, -0.15) is 10.2 Å². The van der Waals surface area contributed by atoms with Crippen LogP contribution in [0.2, 0.25) is 5.02 Å². The number of hydrogen-bond acceptors (Lipinski definition) is 6. The summed E-state index contributed by atoms with van der Waals surface area (Å²) in [5.74, 6) is 3.00. The highest BCUT2D eigenvalue weighted by atomic mass is 35.5. The lowest BCUT2D eigenvalue weighted by Crippen LogP contribution is -2.60. The van der Waals surface area contributed by atoms with Gasteiger partial charge in [0.05, 0.1) is 39.8 Å². The molecule has 0 atom stereocenters. The van der Waals surface area contributed by atoms with E-state index in [0.717, 1.165) is 89.3 Å². The Kier molecular flexibility index (Phi) is 7.78. The van der Waals surface area contributed by atoms with Crippen LogP contribution in [0.4, 0.5) is 0 Å². The minimum Gasteiger partial charge on any atom is -0.493 e. The third kappa shape index (κ3) is 5.08. The van der Waals surface area contributed by atoms with E-state index in [0.29, 0.717) is 30.2 Å². The third-order valence-corrected chi connectivity index (χ3v) is 13.3. The van der Waals surface area contributed by atoms with Crippen molar-refractivity contribution in [1.29, 1.82) is 0 Å². The zero-order valence-corrected chi connectivity index (χ0v) is 30.7. The van der Waals surface area contributed by atoms with E-state index in [4.69, 9.17) is 26.5 Å². The van der Waals surface area contributed by atoms with Gasteiger partial charge in [-0.1, -0.05) is 41.9 Å². The molecule has 11 heteroatoms. The second-order valence-electron chi connectivity index (χ2n) is 14.2. The molecule has 3 aromatic heterocycles. The van der Waals surface area contributed by atoms with Crippen LogP contribution in [-0.2, 0) is 43.3 Å². The van der Waals surface area contributed by atoms with E-state index in [2.05, 4.69) is 48.0 Å². The van der Waals surface area contributed by atoms with Crippen molar-refractivity contribution in [2.45, 2.75) is 66.7 Å². The molecule has 6 aromatic rings. The molecule has 0 saturated heterocycles. The van der Waals surface area contributed by atoms with Crippen molar-refractivity contribution >= 4 is 62.8 Å². The number of fused-ring (bicyclic) bond motifs is 8. The number of halogens is 1. The first kappa shape index (κ1) is 32.1. The summed E-state index contributed by atoms with van der Waals surface area (Å²) in [6.45, 7) is 2.53. The predicted octanol–water partition coefficient (Wildman–Crippen LogP) is 9.15. The molecule has 0 spiro atoms. The van der Waals surface area contributed by atoms with Crippen molar-refractivity contribution in [3.05, 3.63) is 93.7 Å². The van der Waals surface area contributed by atoms with Crippen LogP contribution in [0.5, 0.6) is 5.75 Å². The number of hydrogen-bond donors (Lipinski definition) is 1. The van der Waals surface area contributed by atoms with Crippen LogP contribution < -0.4 is 4.74 Å². The standard InChI is InChI=1S/C39H38ClN5O3S2/c1-22-34-32(45(41-22)39-16-23(17-39)18-39)21-49-19-25-14-26(44(3)42-25)20-50-27-13-24-7-4-5-8-28(24)33(15-27)48-12-6-9-29-30-10-11-31(40)35(34)36(30)43(2)37(29)38(46)47/h4-5,7-8,10-11,13-15,23H,6,9,12,16-21H2,1-3H3,(H,46,47).